The van der Waals surface area contributed by atoms with Gasteiger partial charge in [-0.1, -0.05) is 0 Å². The number of carbonyl (C=O) groups is 2. The van der Waals surface area contributed by atoms with Crippen molar-refractivity contribution in [1.29, 1.82) is 0 Å². The minimum Gasteiger partial charge on any atom is -0.453 e. The minimum absolute atomic E-state index is 0.375. The van der Waals surface area contributed by atoms with E-state index in [0.29, 0.717) is 11.4 Å². The molecule has 86 valence electrons. The molecule has 1 atom stereocenters. The number of nitrogen functional groups attached to an aromatic ring is 1. The Morgan fingerprint density at radius 2 is 1.88 bits per heavy atom. The average Bonchev–Trinajstić information content (AvgIpc) is 2.20. The van der Waals surface area contributed by atoms with Gasteiger partial charge in [-0.2, -0.15) is 0 Å². The van der Waals surface area contributed by atoms with Crippen molar-refractivity contribution in [2.45, 2.75) is 20.0 Å². The third-order valence-corrected chi connectivity index (χ3v) is 1.89. The summed E-state index contributed by atoms with van der Waals surface area (Å²) in [5, 5.41) is 2.60. The van der Waals surface area contributed by atoms with Gasteiger partial charge in [0.15, 0.2) is 6.10 Å². The number of hydrogen-bond donors (Lipinski definition) is 2. The molecule has 0 fully saturated rings. The zero-order chi connectivity index (χ0) is 12.1. The zero-order valence-corrected chi connectivity index (χ0v) is 9.19. The molecule has 0 saturated heterocycles. The van der Waals surface area contributed by atoms with E-state index in [1.54, 1.807) is 24.3 Å². The van der Waals surface area contributed by atoms with E-state index >= 15 is 0 Å². The van der Waals surface area contributed by atoms with Gasteiger partial charge in [0.2, 0.25) is 0 Å². The molecule has 5 nitrogen and oxygen atoms in total. The Bertz CT molecular complexity index is 387. The largest absolute Gasteiger partial charge is 0.453 e. The van der Waals surface area contributed by atoms with E-state index in [2.05, 4.69) is 5.32 Å². The predicted molar refractivity (Wildman–Crippen MR) is 60.7 cm³/mol. The topological polar surface area (TPSA) is 81.4 Å². The minimum atomic E-state index is -0.810. The van der Waals surface area contributed by atoms with E-state index in [4.69, 9.17) is 10.5 Å². The third kappa shape index (κ3) is 3.61. The summed E-state index contributed by atoms with van der Waals surface area (Å²) in [7, 11) is 0. The average molecular weight is 222 g/mol. The van der Waals surface area contributed by atoms with Crippen molar-refractivity contribution in [2.24, 2.45) is 0 Å². The molecule has 0 spiro atoms. The highest BCUT2D eigenvalue weighted by atomic mass is 16.5. The maximum Gasteiger partial charge on any atom is 0.303 e. The van der Waals surface area contributed by atoms with E-state index in [1.807, 2.05) is 0 Å². The fourth-order valence-electron chi connectivity index (χ4n) is 1.11. The van der Waals surface area contributed by atoms with Gasteiger partial charge in [-0.25, -0.2) is 0 Å². The molecule has 5 heteroatoms. The van der Waals surface area contributed by atoms with Crippen molar-refractivity contribution in [3.05, 3.63) is 24.3 Å². The Balaban J connectivity index is 2.57. The van der Waals surface area contributed by atoms with E-state index in [0.717, 1.165) is 0 Å². The predicted octanol–water partition coefficient (Wildman–Crippen LogP) is 1.16. The van der Waals surface area contributed by atoms with E-state index in [9.17, 15) is 9.59 Å². The van der Waals surface area contributed by atoms with Crippen LogP contribution in [-0.2, 0) is 14.3 Å². The molecule has 0 saturated carbocycles. The number of nitrogens with one attached hydrogen (secondary N) is 1. The summed E-state index contributed by atoms with van der Waals surface area (Å²) in [4.78, 5) is 22.2. The van der Waals surface area contributed by atoms with Crippen molar-refractivity contribution >= 4 is 23.3 Å². The highest BCUT2D eigenvalue weighted by Gasteiger charge is 2.15. The molecule has 1 aromatic rings. The number of esters is 1. The van der Waals surface area contributed by atoms with Crippen LogP contribution in [0.15, 0.2) is 24.3 Å². The number of ether oxygens (including phenoxy) is 1. The van der Waals surface area contributed by atoms with Crippen molar-refractivity contribution in [2.75, 3.05) is 11.1 Å². The Labute approximate surface area is 93.6 Å². The maximum atomic E-state index is 11.5. The first-order chi connectivity index (χ1) is 7.49. The summed E-state index contributed by atoms with van der Waals surface area (Å²) >= 11 is 0. The Morgan fingerprint density at radius 1 is 1.31 bits per heavy atom. The van der Waals surface area contributed by atoms with Gasteiger partial charge in [-0.3, -0.25) is 9.59 Å². The molecule has 1 rings (SSSR count). The van der Waals surface area contributed by atoms with Crippen molar-refractivity contribution in [3.8, 4) is 0 Å². The van der Waals surface area contributed by atoms with Gasteiger partial charge < -0.3 is 15.8 Å². The Kier molecular flexibility index (Phi) is 3.88. The lowest BCUT2D eigenvalue weighted by atomic mass is 10.2. The second-order valence-corrected chi connectivity index (χ2v) is 3.36. The fraction of sp³-hybridized carbons (Fsp3) is 0.273. The highest BCUT2D eigenvalue weighted by Crippen LogP contribution is 2.11. The van der Waals surface area contributed by atoms with Crippen LogP contribution < -0.4 is 11.1 Å². The number of amides is 1. The van der Waals surface area contributed by atoms with Gasteiger partial charge in [-0.15, -0.1) is 0 Å². The summed E-state index contributed by atoms with van der Waals surface area (Å²) < 4.78 is 4.73. The summed E-state index contributed by atoms with van der Waals surface area (Å²) in [6.07, 6.45) is -0.810. The standard InChI is InChI=1S/C11H14N2O3/c1-7(16-8(2)14)11(15)13-10-5-3-9(12)4-6-10/h3-7H,12H2,1-2H3,(H,13,15)/t7-/m0/s1. The first-order valence-electron chi connectivity index (χ1n) is 4.82. The molecule has 0 bridgehead atoms. The molecule has 0 unspecified atom stereocenters. The lowest BCUT2D eigenvalue weighted by Gasteiger charge is -2.12. The van der Waals surface area contributed by atoms with Gasteiger partial charge in [0.1, 0.15) is 0 Å². The van der Waals surface area contributed by atoms with E-state index in [1.165, 1.54) is 13.8 Å². The molecule has 0 aliphatic carbocycles. The third-order valence-electron chi connectivity index (χ3n) is 1.89. The lowest BCUT2D eigenvalue weighted by molar-refractivity contribution is -0.150. The van der Waals surface area contributed by atoms with Crippen molar-refractivity contribution in [3.63, 3.8) is 0 Å². The number of carbonyl (C=O) groups excluding carboxylic acids is 2. The van der Waals surface area contributed by atoms with Gasteiger partial charge in [0.05, 0.1) is 0 Å². The van der Waals surface area contributed by atoms with Crippen LogP contribution in [0.5, 0.6) is 0 Å². The second-order valence-electron chi connectivity index (χ2n) is 3.36. The molecule has 0 aliphatic rings. The van der Waals surface area contributed by atoms with Crippen LogP contribution in [0.3, 0.4) is 0 Å². The zero-order valence-electron chi connectivity index (χ0n) is 9.19. The molecule has 0 heterocycles. The molecule has 3 N–H and O–H groups in total. The molecular formula is C11H14N2O3. The smallest absolute Gasteiger partial charge is 0.303 e. The Hall–Kier alpha value is -2.04. The first kappa shape index (κ1) is 12.0. The summed E-state index contributed by atoms with van der Waals surface area (Å²) in [6, 6.07) is 6.69. The Morgan fingerprint density at radius 3 is 2.38 bits per heavy atom. The molecular weight excluding hydrogens is 208 g/mol. The monoisotopic (exact) mass is 222 g/mol. The van der Waals surface area contributed by atoms with Crippen LogP contribution in [0, 0.1) is 0 Å². The molecule has 0 radical (unpaired) electrons. The van der Waals surface area contributed by atoms with Gasteiger partial charge in [-0.05, 0) is 31.2 Å². The molecule has 1 aromatic carbocycles. The number of hydrogen-bond acceptors (Lipinski definition) is 4. The number of anilines is 2. The van der Waals surface area contributed by atoms with Crippen molar-refractivity contribution in [1.82, 2.24) is 0 Å². The second kappa shape index (κ2) is 5.16. The number of benzene rings is 1. The maximum absolute atomic E-state index is 11.5. The number of rotatable bonds is 3. The van der Waals surface area contributed by atoms with Crippen LogP contribution in [0.4, 0.5) is 11.4 Å². The van der Waals surface area contributed by atoms with Crippen LogP contribution in [-0.4, -0.2) is 18.0 Å². The van der Waals surface area contributed by atoms with Gasteiger partial charge >= 0.3 is 5.97 Å². The molecule has 0 aliphatic heterocycles. The first-order valence-corrected chi connectivity index (χ1v) is 4.82. The van der Waals surface area contributed by atoms with Gasteiger partial charge in [0.25, 0.3) is 5.91 Å². The molecule has 1 amide bonds. The highest BCUT2D eigenvalue weighted by molar-refractivity contribution is 5.95. The SMILES string of the molecule is CC(=O)O[C@@H](C)C(=O)Nc1ccc(N)cc1. The van der Waals surface area contributed by atoms with Crippen molar-refractivity contribution < 1.29 is 14.3 Å². The van der Waals surface area contributed by atoms with Crippen LogP contribution in [0.1, 0.15) is 13.8 Å². The normalized spacial score (nSPS) is 11.6. The summed E-state index contributed by atoms with van der Waals surface area (Å²) in [5.74, 6) is -0.861. The molecule has 0 aromatic heterocycles. The van der Waals surface area contributed by atoms with E-state index in [-0.39, 0.29) is 5.91 Å². The quantitative estimate of drug-likeness (QED) is 0.594. The lowest BCUT2D eigenvalue weighted by Crippen LogP contribution is -2.29. The van der Waals surface area contributed by atoms with Crippen LogP contribution >= 0.6 is 0 Å². The summed E-state index contributed by atoms with van der Waals surface area (Å²) in [6.45, 7) is 2.76. The number of nitrogens with two attached hydrogens (primary N) is 1. The van der Waals surface area contributed by atoms with E-state index < -0.39 is 12.1 Å². The summed E-state index contributed by atoms with van der Waals surface area (Å²) in [5.41, 5.74) is 6.73. The van der Waals surface area contributed by atoms with Crippen LogP contribution in [0.2, 0.25) is 0 Å². The molecule has 16 heavy (non-hydrogen) atoms. The van der Waals surface area contributed by atoms with Crippen LogP contribution in [0.25, 0.3) is 0 Å². The fourth-order valence-corrected chi connectivity index (χ4v) is 1.11. The van der Waals surface area contributed by atoms with Gasteiger partial charge in [0, 0.05) is 18.3 Å².